The Bertz CT molecular complexity index is 331. The van der Waals surface area contributed by atoms with Crippen LogP contribution in [0.2, 0.25) is 0 Å². The molecule has 0 spiro atoms. The maximum atomic E-state index is 5.83. The molecule has 4 heteroatoms. The minimum Gasteiger partial charge on any atom is -0.345 e. The summed E-state index contributed by atoms with van der Waals surface area (Å²) in [6, 6.07) is 0. The van der Waals surface area contributed by atoms with E-state index in [0.29, 0.717) is 17.9 Å². The van der Waals surface area contributed by atoms with E-state index in [-0.39, 0.29) is 6.29 Å². The number of ether oxygens (including phenoxy) is 2. The highest BCUT2D eigenvalue weighted by molar-refractivity contribution is 5.91. The van der Waals surface area contributed by atoms with Crippen LogP contribution in [-0.2, 0) is 9.47 Å². The van der Waals surface area contributed by atoms with Crippen molar-refractivity contribution in [2.75, 3.05) is 6.61 Å². The Hall–Kier alpha value is -0.610. The van der Waals surface area contributed by atoms with Crippen LogP contribution in [0.15, 0.2) is 5.10 Å². The standard InChI is InChI=1S/C11H16N2O2/c12-13-10-9-6-2-1-5(3-6)8(9)7-4-14-11(10)15-7/h5-9,11H,1-4,12H2/b13-10-/t5-,6+,7+,8+,9+,11+/m0/s1. The molecule has 4 bridgehead atoms. The predicted octanol–water partition coefficient (Wildman–Crippen LogP) is 0.718. The van der Waals surface area contributed by atoms with Crippen molar-refractivity contribution in [1.29, 1.82) is 0 Å². The van der Waals surface area contributed by atoms with Gasteiger partial charge in [-0.3, -0.25) is 0 Å². The van der Waals surface area contributed by atoms with Gasteiger partial charge in [0.05, 0.1) is 18.4 Å². The summed E-state index contributed by atoms with van der Waals surface area (Å²) in [4.78, 5) is 0. The monoisotopic (exact) mass is 208 g/mol. The highest BCUT2D eigenvalue weighted by Crippen LogP contribution is 2.57. The van der Waals surface area contributed by atoms with Gasteiger partial charge in [-0.1, -0.05) is 0 Å². The number of fused-ring (bicyclic) bond motifs is 8. The van der Waals surface area contributed by atoms with Crippen molar-refractivity contribution in [3.63, 3.8) is 0 Å². The Morgan fingerprint density at radius 1 is 1.27 bits per heavy atom. The van der Waals surface area contributed by atoms with E-state index in [2.05, 4.69) is 5.10 Å². The third-order valence-electron chi connectivity index (χ3n) is 4.85. The second-order valence-electron chi connectivity index (χ2n) is 5.33. The maximum Gasteiger partial charge on any atom is 0.199 e. The van der Waals surface area contributed by atoms with Gasteiger partial charge in [0.25, 0.3) is 0 Å². The van der Waals surface area contributed by atoms with Gasteiger partial charge in [-0.15, -0.1) is 0 Å². The maximum absolute atomic E-state index is 5.83. The lowest BCUT2D eigenvalue weighted by Gasteiger charge is -2.38. The van der Waals surface area contributed by atoms with Crippen LogP contribution in [-0.4, -0.2) is 24.7 Å². The molecule has 2 saturated heterocycles. The van der Waals surface area contributed by atoms with Gasteiger partial charge in [0.1, 0.15) is 0 Å². The quantitative estimate of drug-likeness (QED) is 0.471. The van der Waals surface area contributed by atoms with Crippen molar-refractivity contribution in [3.05, 3.63) is 0 Å². The molecule has 0 amide bonds. The Morgan fingerprint density at radius 2 is 2.13 bits per heavy atom. The first-order valence-electron chi connectivity index (χ1n) is 5.93. The number of nitrogens with zero attached hydrogens (tertiary/aromatic N) is 1. The molecule has 4 aliphatic rings. The lowest BCUT2D eigenvalue weighted by molar-refractivity contribution is -0.0547. The molecule has 0 unspecified atom stereocenters. The van der Waals surface area contributed by atoms with Crippen LogP contribution >= 0.6 is 0 Å². The minimum atomic E-state index is -0.222. The molecule has 4 rings (SSSR count). The van der Waals surface area contributed by atoms with E-state index in [1.54, 1.807) is 0 Å². The highest BCUT2D eigenvalue weighted by Gasteiger charge is 2.59. The molecule has 2 aliphatic heterocycles. The molecular formula is C11H16N2O2. The molecule has 4 nitrogen and oxygen atoms in total. The summed E-state index contributed by atoms with van der Waals surface area (Å²) in [7, 11) is 0. The molecule has 6 atom stereocenters. The Kier molecular flexibility index (Phi) is 1.56. The van der Waals surface area contributed by atoms with Crippen LogP contribution in [0.4, 0.5) is 0 Å². The molecule has 2 saturated carbocycles. The minimum absolute atomic E-state index is 0.222. The number of hydrazone groups is 1. The van der Waals surface area contributed by atoms with Gasteiger partial charge in [0, 0.05) is 5.92 Å². The number of hydrogen-bond acceptors (Lipinski definition) is 4. The Balaban J connectivity index is 1.79. The number of nitrogens with two attached hydrogens (primary N) is 1. The topological polar surface area (TPSA) is 56.8 Å². The highest BCUT2D eigenvalue weighted by atomic mass is 16.7. The summed E-state index contributed by atoms with van der Waals surface area (Å²) >= 11 is 0. The van der Waals surface area contributed by atoms with Gasteiger partial charge in [-0.05, 0) is 37.0 Å². The van der Waals surface area contributed by atoms with E-state index in [1.165, 1.54) is 19.3 Å². The van der Waals surface area contributed by atoms with Crippen LogP contribution in [0.3, 0.4) is 0 Å². The van der Waals surface area contributed by atoms with E-state index in [9.17, 15) is 0 Å². The summed E-state index contributed by atoms with van der Waals surface area (Å²) in [6.45, 7) is 0.744. The van der Waals surface area contributed by atoms with E-state index >= 15 is 0 Å². The summed E-state index contributed by atoms with van der Waals surface area (Å²) in [5, 5.41) is 3.95. The van der Waals surface area contributed by atoms with Crippen molar-refractivity contribution < 1.29 is 9.47 Å². The molecule has 2 heterocycles. The van der Waals surface area contributed by atoms with Gasteiger partial charge in [-0.2, -0.15) is 5.10 Å². The molecule has 0 radical (unpaired) electrons. The van der Waals surface area contributed by atoms with Gasteiger partial charge in [0.15, 0.2) is 6.29 Å². The first-order valence-corrected chi connectivity index (χ1v) is 5.93. The normalized spacial score (nSPS) is 58.8. The van der Waals surface area contributed by atoms with Gasteiger partial charge >= 0.3 is 0 Å². The van der Waals surface area contributed by atoms with E-state index in [0.717, 1.165) is 24.2 Å². The average molecular weight is 208 g/mol. The average Bonchev–Trinajstić information content (AvgIpc) is 2.93. The fourth-order valence-corrected chi connectivity index (χ4v) is 4.39. The van der Waals surface area contributed by atoms with Gasteiger partial charge < -0.3 is 15.3 Å². The largest absolute Gasteiger partial charge is 0.345 e. The van der Waals surface area contributed by atoms with Gasteiger partial charge in [0.2, 0.25) is 0 Å². The SMILES string of the molecule is N/N=C1\[C@@H]2OC[C@@H](O2)[C@H]2[C@H]3CC[C@H](C3)[C@@H]12. The molecule has 0 aromatic heterocycles. The zero-order valence-electron chi connectivity index (χ0n) is 8.63. The van der Waals surface area contributed by atoms with Crippen LogP contribution in [0, 0.1) is 23.7 Å². The molecular weight excluding hydrogens is 192 g/mol. The Labute approximate surface area is 88.8 Å². The zero-order chi connectivity index (χ0) is 9.99. The van der Waals surface area contributed by atoms with Gasteiger partial charge in [-0.25, -0.2) is 0 Å². The predicted molar refractivity (Wildman–Crippen MR) is 54.0 cm³/mol. The van der Waals surface area contributed by atoms with Crippen LogP contribution in [0.25, 0.3) is 0 Å². The lowest BCUT2D eigenvalue weighted by Crippen LogP contribution is -2.46. The van der Waals surface area contributed by atoms with Crippen molar-refractivity contribution in [1.82, 2.24) is 0 Å². The molecule has 0 aromatic carbocycles. The van der Waals surface area contributed by atoms with Crippen LogP contribution in [0.1, 0.15) is 19.3 Å². The Morgan fingerprint density at radius 3 is 3.00 bits per heavy atom. The third-order valence-corrected chi connectivity index (χ3v) is 4.85. The van der Waals surface area contributed by atoms with E-state index < -0.39 is 0 Å². The van der Waals surface area contributed by atoms with Crippen molar-refractivity contribution in [3.8, 4) is 0 Å². The second kappa shape index (κ2) is 2.74. The van der Waals surface area contributed by atoms with E-state index in [1.807, 2.05) is 0 Å². The zero-order valence-corrected chi connectivity index (χ0v) is 8.63. The smallest absolute Gasteiger partial charge is 0.199 e. The molecule has 2 N–H and O–H groups in total. The second-order valence-corrected chi connectivity index (χ2v) is 5.33. The van der Waals surface area contributed by atoms with Crippen molar-refractivity contribution >= 4 is 5.71 Å². The number of hydrogen-bond donors (Lipinski definition) is 1. The van der Waals surface area contributed by atoms with Crippen LogP contribution in [0.5, 0.6) is 0 Å². The first kappa shape index (κ1) is 8.53. The van der Waals surface area contributed by atoms with Crippen molar-refractivity contribution in [2.24, 2.45) is 34.6 Å². The van der Waals surface area contributed by atoms with Crippen molar-refractivity contribution in [2.45, 2.75) is 31.7 Å². The molecule has 0 aromatic rings. The summed E-state index contributed by atoms with van der Waals surface area (Å²) < 4.78 is 11.4. The molecule has 15 heavy (non-hydrogen) atoms. The fourth-order valence-electron chi connectivity index (χ4n) is 4.39. The summed E-state index contributed by atoms with van der Waals surface area (Å²) in [6.07, 6.45) is 4.18. The molecule has 2 aliphatic carbocycles. The molecule has 82 valence electrons. The fraction of sp³-hybridized carbons (Fsp3) is 0.909. The summed E-state index contributed by atoms with van der Waals surface area (Å²) in [5.41, 5.74) is 0.987. The lowest BCUT2D eigenvalue weighted by atomic mass is 9.73. The first-order chi connectivity index (χ1) is 7.38. The van der Waals surface area contributed by atoms with E-state index in [4.69, 9.17) is 15.3 Å². The third kappa shape index (κ3) is 0.923. The molecule has 4 fully saturated rings. The summed E-state index contributed by atoms with van der Waals surface area (Å²) in [5.74, 6) is 8.36. The van der Waals surface area contributed by atoms with Crippen LogP contribution < -0.4 is 5.84 Å². The number of rotatable bonds is 0.